The molecule has 0 bridgehead atoms. The van der Waals surface area contributed by atoms with Crippen molar-refractivity contribution in [2.45, 2.75) is 6.42 Å². The zero-order valence-electron chi connectivity index (χ0n) is 15.9. The van der Waals surface area contributed by atoms with Gasteiger partial charge in [0.15, 0.2) is 0 Å². The van der Waals surface area contributed by atoms with Crippen LogP contribution in [-0.4, -0.2) is 61.1 Å². The van der Waals surface area contributed by atoms with Gasteiger partial charge in [-0.15, -0.1) is 0 Å². The molecule has 0 radical (unpaired) electrons. The molecule has 28 heavy (non-hydrogen) atoms. The van der Waals surface area contributed by atoms with Gasteiger partial charge in [0.1, 0.15) is 0 Å². The van der Waals surface area contributed by atoms with E-state index in [2.05, 4.69) is 0 Å². The zero-order valence-corrected chi connectivity index (χ0v) is 15.9. The first-order chi connectivity index (χ1) is 13.7. The topological polar surface area (TPSA) is 53.1 Å². The minimum Gasteiger partial charge on any atom is -0.381 e. The number of anilines is 2. The van der Waals surface area contributed by atoms with E-state index in [1.165, 1.54) is 0 Å². The van der Waals surface area contributed by atoms with Crippen LogP contribution in [0.25, 0.3) is 0 Å². The van der Waals surface area contributed by atoms with Crippen molar-refractivity contribution in [1.82, 2.24) is 9.80 Å². The number of benzene rings is 2. The number of carbonyl (C=O) groups excluding carboxylic acids is 2. The Morgan fingerprint density at radius 1 is 0.821 bits per heavy atom. The molecule has 0 spiro atoms. The molecule has 0 saturated carbocycles. The van der Waals surface area contributed by atoms with Crippen molar-refractivity contribution < 1.29 is 14.3 Å². The summed E-state index contributed by atoms with van der Waals surface area (Å²) in [5, 5.41) is 0. The van der Waals surface area contributed by atoms with Crippen LogP contribution >= 0.6 is 0 Å². The molecule has 6 heteroatoms. The second kappa shape index (κ2) is 8.44. The average Bonchev–Trinajstić information content (AvgIpc) is 3.30. The Bertz CT molecular complexity index is 759. The molecule has 0 aliphatic carbocycles. The van der Waals surface area contributed by atoms with Gasteiger partial charge >= 0.3 is 6.03 Å². The van der Waals surface area contributed by atoms with Crippen LogP contribution in [0.15, 0.2) is 60.7 Å². The Labute approximate surface area is 165 Å². The van der Waals surface area contributed by atoms with E-state index in [1.54, 1.807) is 4.90 Å². The zero-order chi connectivity index (χ0) is 19.3. The van der Waals surface area contributed by atoms with Gasteiger partial charge in [-0.25, -0.2) is 4.79 Å². The van der Waals surface area contributed by atoms with Crippen molar-refractivity contribution >= 4 is 23.3 Å². The molecule has 2 aliphatic heterocycles. The van der Waals surface area contributed by atoms with Gasteiger partial charge in [-0.1, -0.05) is 36.4 Å². The molecule has 0 N–H and O–H groups in total. The first-order valence-electron chi connectivity index (χ1n) is 9.80. The summed E-state index contributed by atoms with van der Waals surface area (Å²) >= 11 is 0. The first kappa shape index (κ1) is 18.5. The van der Waals surface area contributed by atoms with Crippen LogP contribution in [0.2, 0.25) is 0 Å². The highest BCUT2D eigenvalue weighted by Gasteiger charge is 2.32. The molecule has 2 heterocycles. The highest BCUT2D eigenvalue weighted by molar-refractivity contribution is 5.99. The predicted octanol–water partition coefficient (Wildman–Crippen LogP) is 3.13. The predicted molar refractivity (Wildman–Crippen MR) is 107 cm³/mol. The van der Waals surface area contributed by atoms with Crippen molar-refractivity contribution in [3.8, 4) is 0 Å². The van der Waals surface area contributed by atoms with E-state index in [9.17, 15) is 9.59 Å². The molecule has 0 aromatic heterocycles. The Morgan fingerprint density at radius 2 is 1.36 bits per heavy atom. The fourth-order valence-electron chi connectivity index (χ4n) is 3.77. The Kier molecular flexibility index (Phi) is 5.58. The molecule has 2 saturated heterocycles. The summed E-state index contributed by atoms with van der Waals surface area (Å²) < 4.78 is 5.34. The monoisotopic (exact) mass is 379 g/mol. The van der Waals surface area contributed by atoms with Crippen LogP contribution in [-0.2, 0) is 9.53 Å². The third-order valence-electron chi connectivity index (χ3n) is 5.36. The maximum absolute atomic E-state index is 13.4. The molecule has 2 aliphatic rings. The molecular weight excluding hydrogens is 354 g/mol. The third-order valence-corrected chi connectivity index (χ3v) is 5.36. The Hall–Kier alpha value is -2.86. The summed E-state index contributed by atoms with van der Waals surface area (Å²) in [7, 11) is 0. The first-order valence-corrected chi connectivity index (χ1v) is 9.80. The number of urea groups is 1. The van der Waals surface area contributed by atoms with Crippen LogP contribution in [0.3, 0.4) is 0 Å². The number of hydrogen-bond acceptors (Lipinski definition) is 3. The summed E-state index contributed by atoms with van der Waals surface area (Å²) in [6, 6.07) is 19.3. The second-order valence-corrected chi connectivity index (χ2v) is 7.16. The molecule has 1 unspecified atom stereocenters. The number of amides is 3. The van der Waals surface area contributed by atoms with Gasteiger partial charge in [0.2, 0.25) is 5.91 Å². The molecule has 4 rings (SSSR count). The minimum atomic E-state index is -0.0614. The highest BCUT2D eigenvalue weighted by atomic mass is 16.5. The Balaban J connectivity index is 1.47. The number of para-hydroxylation sites is 2. The van der Waals surface area contributed by atoms with Crippen molar-refractivity contribution in [1.29, 1.82) is 0 Å². The van der Waals surface area contributed by atoms with Gasteiger partial charge in [0.25, 0.3) is 0 Å². The molecule has 2 fully saturated rings. The lowest BCUT2D eigenvalue weighted by molar-refractivity contribution is -0.136. The molecule has 146 valence electrons. The van der Waals surface area contributed by atoms with Crippen LogP contribution in [0.5, 0.6) is 0 Å². The summed E-state index contributed by atoms with van der Waals surface area (Å²) in [5.41, 5.74) is 1.67. The van der Waals surface area contributed by atoms with Crippen molar-refractivity contribution in [3.05, 3.63) is 60.7 Å². The summed E-state index contributed by atoms with van der Waals surface area (Å²) in [6.07, 6.45) is 0.799. The number of carbonyl (C=O) groups is 2. The number of ether oxygens (including phenoxy) is 1. The fraction of sp³-hybridized carbons (Fsp3) is 0.364. The van der Waals surface area contributed by atoms with Crippen LogP contribution < -0.4 is 4.90 Å². The number of piperazine rings is 1. The van der Waals surface area contributed by atoms with E-state index in [0.29, 0.717) is 39.4 Å². The molecule has 6 nitrogen and oxygen atoms in total. The van der Waals surface area contributed by atoms with Gasteiger partial charge in [0.05, 0.1) is 23.9 Å². The fourth-order valence-corrected chi connectivity index (χ4v) is 3.77. The number of hydrogen-bond donors (Lipinski definition) is 0. The largest absolute Gasteiger partial charge is 0.381 e. The van der Waals surface area contributed by atoms with Crippen molar-refractivity contribution in [2.24, 2.45) is 5.92 Å². The molecule has 3 amide bonds. The molecule has 2 aromatic carbocycles. The average molecular weight is 379 g/mol. The van der Waals surface area contributed by atoms with Gasteiger partial charge in [-0.2, -0.15) is 0 Å². The van der Waals surface area contributed by atoms with Crippen molar-refractivity contribution in [2.75, 3.05) is 44.3 Å². The van der Waals surface area contributed by atoms with Crippen molar-refractivity contribution in [3.63, 3.8) is 0 Å². The second-order valence-electron chi connectivity index (χ2n) is 7.16. The third kappa shape index (κ3) is 3.87. The summed E-state index contributed by atoms with van der Waals surface area (Å²) in [5.74, 6) is 0.139. The number of nitrogens with zero attached hydrogens (tertiary/aromatic N) is 3. The van der Waals surface area contributed by atoms with Gasteiger partial charge < -0.3 is 14.5 Å². The van der Waals surface area contributed by atoms with Gasteiger partial charge in [-0.3, -0.25) is 9.69 Å². The molecule has 1 atom stereocenters. The lowest BCUT2D eigenvalue weighted by Gasteiger charge is -2.38. The van der Waals surface area contributed by atoms with E-state index >= 15 is 0 Å². The van der Waals surface area contributed by atoms with E-state index in [-0.39, 0.29) is 17.9 Å². The quantitative estimate of drug-likeness (QED) is 0.823. The smallest absolute Gasteiger partial charge is 0.329 e. The van der Waals surface area contributed by atoms with Crippen LogP contribution in [0, 0.1) is 5.92 Å². The van der Waals surface area contributed by atoms with Crippen LogP contribution in [0.1, 0.15) is 6.42 Å². The minimum absolute atomic E-state index is 0.0209. The standard InChI is InChI=1S/C22H25N3O3/c26-21(18-11-16-28-17-18)23-12-14-24(15-13-23)22(27)25(19-7-3-1-4-8-19)20-9-5-2-6-10-20/h1-10,18H,11-17H2. The lowest BCUT2D eigenvalue weighted by atomic mass is 10.1. The van der Waals surface area contributed by atoms with E-state index in [0.717, 1.165) is 17.8 Å². The van der Waals surface area contributed by atoms with Gasteiger partial charge in [0, 0.05) is 32.8 Å². The maximum atomic E-state index is 13.4. The summed E-state index contributed by atoms with van der Waals surface area (Å²) in [6.45, 7) is 3.39. The highest BCUT2D eigenvalue weighted by Crippen LogP contribution is 2.27. The van der Waals surface area contributed by atoms with E-state index in [1.807, 2.05) is 70.5 Å². The number of rotatable bonds is 3. The molecular formula is C22H25N3O3. The maximum Gasteiger partial charge on any atom is 0.329 e. The summed E-state index contributed by atoms with van der Waals surface area (Å²) in [4.78, 5) is 31.4. The van der Waals surface area contributed by atoms with Gasteiger partial charge in [-0.05, 0) is 30.7 Å². The lowest BCUT2D eigenvalue weighted by Crippen LogP contribution is -2.54. The van der Waals surface area contributed by atoms with E-state index < -0.39 is 0 Å². The molecule has 2 aromatic rings. The SMILES string of the molecule is O=C(C1CCOC1)N1CCN(C(=O)N(c2ccccc2)c2ccccc2)CC1. The Morgan fingerprint density at radius 3 is 1.86 bits per heavy atom. The van der Waals surface area contributed by atoms with Crippen LogP contribution in [0.4, 0.5) is 16.2 Å². The van der Waals surface area contributed by atoms with E-state index in [4.69, 9.17) is 4.74 Å². The normalized spacial score (nSPS) is 19.5.